The predicted molar refractivity (Wildman–Crippen MR) is 132 cm³/mol. The summed E-state index contributed by atoms with van der Waals surface area (Å²) in [7, 11) is 0. The van der Waals surface area contributed by atoms with Crippen LogP contribution in [-0.2, 0) is 15.0 Å². The number of Topliss-reactive ketones (excluding diaryl/α,β-unsaturated/α-hetero) is 2. The summed E-state index contributed by atoms with van der Waals surface area (Å²) in [4.78, 5) is 38.9. The molecule has 190 valence electrons. The standard InChI is InChI=1S/C26H35N3O6/c1-14-22(32)20(16(3)30)24-21(23(14)33)26(4)18(35-24)13-17(31)19(25(26)34)15(2)29-12-7-5-6-10-28-11-8-9-27/h13,28-29,32-33H,5-12,27H2,1-4H3/b19-15+/t26-/m0/s1. The van der Waals surface area contributed by atoms with E-state index in [9.17, 15) is 24.6 Å². The van der Waals surface area contributed by atoms with E-state index in [1.54, 1.807) is 13.8 Å². The summed E-state index contributed by atoms with van der Waals surface area (Å²) in [5, 5.41) is 27.8. The smallest absolute Gasteiger partial charge is 0.194 e. The van der Waals surface area contributed by atoms with Crippen molar-refractivity contribution in [1.29, 1.82) is 0 Å². The van der Waals surface area contributed by atoms with E-state index in [4.69, 9.17) is 10.5 Å². The molecule has 9 nitrogen and oxygen atoms in total. The number of ketones is 3. The minimum atomic E-state index is -1.50. The van der Waals surface area contributed by atoms with Gasteiger partial charge >= 0.3 is 0 Å². The Bertz CT molecular complexity index is 1120. The van der Waals surface area contributed by atoms with Gasteiger partial charge in [0.05, 0.1) is 11.1 Å². The van der Waals surface area contributed by atoms with E-state index < -0.39 is 28.5 Å². The lowest BCUT2D eigenvalue weighted by molar-refractivity contribution is -0.123. The van der Waals surface area contributed by atoms with Gasteiger partial charge in [-0.2, -0.15) is 0 Å². The molecule has 1 aromatic rings. The second kappa shape index (κ2) is 10.6. The number of nitrogens with one attached hydrogen (secondary N) is 2. The lowest BCUT2D eigenvalue weighted by Crippen LogP contribution is -2.41. The minimum Gasteiger partial charge on any atom is -0.507 e. The number of ether oxygens (including phenoxy) is 1. The topological polar surface area (TPSA) is 151 Å². The predicted octanol–water partition coefficient (Wildman–Crippen LogP) is 2.27. The molecule has 0 saturated heterocycles. The van der Waals surface area contributed by atoms with Crippen LogP contribution in [0, 0.1) is 6.92 Å². The fraction of sp³-hybridized carbons (Fsp3) is 0.500. The SMILES string of the molecule is CC(=O)c1c(O)c(C)c(O)c2c1OC1=CC(=O)/C(=C(/C)NCCCCCNCCCN)C(=O)[C@@]12C. The maximum atomic E-state index is 13.7. The molecule has 0 saturated carbocycles. The Morgan fingerprint density at radius 3 is 2.37 bits per heavy atom. The quantitative estimate of drug-likeness (QED) is 0.138. The number of aromatic hydroxyl groups is 2. The molecule has 1 atom stereocenters. The largest absolute Gasteiger partial charge is 0.507 e. The summed E-state index contributed by atoms with van der Waals surface area (Å²) in [6.07, 6.45) is 5.06. The molecule has 0 radical (unpaired) electrons. The van der Waals surface area contributed by atoms with Gasteiger partial charge in [0, 0.05) is 23.9 Å². The number of allylic oxidation sites excluding steroid dienone is 4. The monoisotopic (exact) mass is 485 g/mol. The van der Waals surface area contributed by atoms with E-state index in [1.165, 1.54) is 19.9 Å². The fourth-order valence-corrected chi connectivity index (χ4v) is 4.63. The van der Waals surface area contributed by atoms with Gasteiger partial charge in [-0.1, -0.05) is 6.42 Å². The third-order valence-corrected chi connectivity index (χ3v) is 6.74. The maximum absolute atomic E-state index is 13.7. The van der Waals surface area contributed by atoms with Crippen molar-refractivity contribution in [3.05, 3.63) is 39.8 Å². The highest BCUT2D eigenvalue weighted by atomic mass is 16.5. The highest BCUT2D eigenvalue weighted by molar-refractivity contribution is 6.31. The van der Waals surface area contributed by atoms with Gasteiger partial charge in [0.2, 0.25) is 0 Å². The van der Waals surface area contributed by atoms with E-state index >= 15 is 0 Å². The molecule has 0 spiro atoms. The lowest BCUT2D eigenvalue weighted by atomic mass is 9.70. The molecule has 1 heterocycles. The van der Waals surface area contributed by atoms with E-state index in [-0.39, 0.29) is 39.5 Å². The number of fused-ring (bicyclic) bond motifs is 3. The van der Waals surface area contributed by atoms with Crippen molar-refractivity contribution in [2.45, 2.75) is 58.8 Å². The van der Waals surface area contributed by atoms with E-state index in [2.05, 4.69) is 10.6 Å². The summed E-state index contributed by atoms with van der Waals surface area (Å²) in [6.45, 7) is 9.07. The number of carbonyl (C=O) groups excluding carboxylic acids is 3. The second-order valence-electron chi connectivity index (χ2n) is 9.27. The molecule has 0 amide bonds. The minimum absolute atomic E-state index is 0.00865. The van der Waals surface area contributed by atoms with Crippen LogP contribution >= 0.6 is 0 Å². The average molecular weight is 486 g/mol. The van der Waals surface area contributed by atoms with Crippen molar-refractivity contribution in [2.24, 2.45) is 5.73 Å². The van der Waals surface area contributed by atoms with Crippen LogP contribution in [0.1, 0.15) is 67.9 Å². The van der Waals surface area contributed by atoms with Gasteiger partial charge in [-0.3, -0.25) is 14.4 Å². The molecule has 35 heavy (non-hydrogen) atoms. The van der Waals surface area contributed by atoms with E-state index in [0.717, 1.165) is 38.8 Å². The summed E-state index contributed by atoms with van der Waals surface area (Å²) >= 11 is 0. The van der Waals surface area contributed by atoms with Crippen LogP contribution in [0.15, 0.2) is 23.1 Å². The number of rotatable bonds is 11. The Kier molecular flexibility index (Phi) is 8.02. The first-order valence-corrected chi connectivity index (χ1v) is 12.0. The van der Waals surface area contributed by atoms with Gasteiger partial charge in [0.15, 0.2) is 17.3 Å². The number of carbonyl (C=O) groups is 3. The van der Waals surface area contributed by atoms with Crippen LogP contribution in [0.4, 0.5) is 0 Å². The van der Waals surface area contributed by atoms with Gasteiger partial charge in [0.25, 0.3) is 0 Å². The Morgan fingerprint density at radius 2 is 1.71 bits per heavy atom. The van der Waals surface area contributed by atoms with Crippen molar-refractivity contribution in [2.75, 3.05) is 26.2 Å². The molecule has 0 unspecified atom stereocenters. The molecule has 1 aliphatic carbocycles. The van der Waals surface area contributed by atoms with Crippen molar-refractivity contribution in [3.63, 3.8) is 0 Å². The number of nitrogens with two attached hydrogens (primary N) is 1. The molecule has 0 fully saturated rings. The average Bonchev–Trinajstić information content (AvgIpc) is 3.09. The van der Waals surface area contributed by atoms with Gasteiger partial charge in [0.1, 0.15) is 34.0 Å². The molecule has 0 bridgehead atoms. The first-order valence-electron chi connectivity index (χ1n) is 12.0. The van der Waals surface area contributed by atoms with Gasteiger partial charge in [-0.25, -0.2) is 0 Å². The Labute approximate surface area is 205 Å². The fourth-order valence-electron chi connectivity index (χ4n) is 4.63. The number of unbranched alkanes of at least 4 members (excludes halogenated alkanes) is 2. The van der Waals surface area contributed by atoms with E-state index in [1.807, 2.05) is 0 Å². The normalized spacial score (nSPS) is 20.2. The maximum Gasteiger partial charge on any atom is 0.194 e. The molecule has 0 aromatic heterocycles. The summed E-state index contributed by atoms with van der Waals surface area (Å²) in [5.41, 5.74) is 4.46. The molecule has 6 N–H and O–H groups in total. The van der Waals surface area contributed by atoms with Crippen LogP contribution in [0.3, 0.4) is 0 Å². The lowest BCUT2D eigenvalue weighted by Gasteiger charge is -2.29. The first-order chi connectivity index (χ1) is 16.6. The van der Waals surface area contributed by atoms with Crippen molar-refractivity contribution in [1.82, 2.24) is 10.6 Å². The Morgan fingerprint density at radius 1 is 1.06 bits per heavy atom. The number of benzene rings is 1. The van der Waals surface area contributed by atoms with Crippen molar-refractivity contribution >= 4 is 17.3 Å². The third-order valence-electron chi connectivity index (χ3n) is 6.74. The summed E-state index contributed by atoms with van der Waals surface area (Å²) in [5.74, 6) is -2.30. The molecule has 1 aromatic carbocycles. The molecule has 2 aliphatic rings. The molecular formula is C26H35N3O6. The van der Waals surface area contributed by atoms with Crippen molar-refractivity contribution in [3.8, 4) is 17.2 Å². The number of hydrogen-bond acceptors (Lipinski definition) is 9. The molecule has 9 heteroatoms. The molecule has 1 aliphatic heterocycles. The summed E-state index contributed by atoms with van der Waals surface area (Å²) in [6, 6.07) is 0. The molecule has 3 rings (SSSR count). The zero-order valence-electron chi connectivity index (χ0n) is 20.8. The van der Waals surface area contributed by atoms with Gasteiger partial charge < -0.3 is 31.3 Å². The number of phenolic OH excluding ortho intramolecular Hbond substituents is 2. The zero-order chi connectivity index (χ0) is 25.9. The van der Waals surface area contributed by atoms with Gasteiger partial charge in [-0.05, 0) is 66.6 Å². The highest BCUT2D eigenvalue weighted by Crippen LogP contribution is 2.57. The van der Waals surface area contributed by atoms with Crippen LogP contribution < -0.4 is 21.1 Å². The first kappa shape index (κ1) is 26.4. The van der Waals surface area contributed by atoms with Crippen LogP contribution in [0.5, 0.6) is 17.2 Å². The second-order valence-corrected chi connectivity index (χ2v) is 9.27. The Balaban J connectivity index is 1.82. The van der Waals surface area contributed by atoms with Gasteiger partial charge in [-0.15, -0.1) is 0 Å². The zero-order valence-corrected chi connectivity index (χ0v) is 20.8. The van der Waals surface area contributed by atoms with Crippen LogP contribution in [0.2, 0.25) is 0 Å². The Hall–Kier alpha value is -3.17. The van der Waals surface area contributed by atoms with E-state index in [0.29, 0.717) is 18.8 Å². The third kappa shape index (κ3) is 4.70. The number of hydrogen-bond donors (Lipinski definition) is 5. The van der Waals surface area contributed by atoms with Crippen LogP contribution in [-0.4, -0.2) is 53.7 Å². The summed E-state index contributed by atoms with van der Waals surface area (Å²) < 4.78 is 5.78. The molecular weight excluding hydrogens is 450 g/mol. The number of phenols is 2. The van der Waals surface area contributed by atoms with Crippen LogP contribution in [0.25, 0.3) is 0 Å². The highest BCUT2D eigenvalue weighted by Gasteiger charge is 2.56. The van der Waals surface area contributed by atoms with Crippen molar-refractivity contribution < 1.29 is 29.3 Å².